The van der Waals surface area contributed by atoms with Crippen molar-refractivity contribution in [3.05, 3.63) is 33.4 Å². The summed E-state index contributed by atoms with van der Waals surface area (Å²) in [6.45, 7) is 2.78. The molecule has 3 heterocycles. The van der Waals surface area contributed by atoms with Gasteiger partial charge in [0.1, 0.15) is 12.2 Å². The summed E-state index contributed by atoms with van der Waals surface area (Å²) in [6.07, 6.45) is 6.37. The van der Waals surface area contributed by atoms with E-state index in [4.69, 9.17) is 13.9 Å². The quantitative estimate of drug-likeness (QED) is 0.783. The molecule has 0 saturated carbocycles. The van der Waals surface area contributed by atoms with Crippen LogP contribution in [0.2, 0.25) is 0 Å². The molecule has 0 bridgehead atoms. The molecule has 24 heavy (non-hydrogen) atoms. The molecular formula is C17H20N2O4S. The SMILES string of the molecule is CCc1nc2c(s1)[C@@H](OC(=O)c1ncoc1[C@@H]1CCCO1)CCC2. The zero-order chi connectivity index (χ0) is 16.5. The second-order valence-corrected chi connectivity index (χ2v) is 7.24. The van der Waals surface area contributed by atoms with Gasteiger partial charge in [-0.1, -0.05) is 6.92 Å². The van der Waals surface area contributed by atoms with Crippen LogP contribution in [0.1, 0.15) is 76.6 Å². The van der Waals surface area contributed by atoms with E-state index in [2.05, 4.69) is 16.9 Å². The van der Waals surface area contributed by atoms with Crippen LogP contribution < -0.4 is 0 Å². The molecule has 2 aliphatic rings. The number of aryl methyl sites for hydroxylation is 2. The zero-order valence-electron chi connectivity index (χ0n) is 13.6. The normalized spacial score (nSPS) is 23.2. The minimum atomic E-state index is -0.432. The maximum Gasteiger partial charge on any atom is 0.361 e. The summed E-state index contributed by atoms with van der Waals surface area (Å²) in [7, 11) is 0. The van der Waals surface area contributed by atoms with Gasteiger partial charge in [-0.25, -0.2) is 14.8 Å². The standard InChI is InChI=1S/C17H20N2O4S/c1-2-13-19-10-5-3-6-12(16(10)24-13)23-17(20)14-15(22-9-18-14)11-7-4-8-21-11/h9,11-12H,2-8H2,1H3/t11-,12-/m0/s1. The fraction of sp³-hybridized carbons (Fsp3) is 0.588. The molecule has 128 valence electrons. The van der Waals surface area contributed by atoms with Crippen LogP contribution in [0.3, 0.4) is 0 Å². The first-order valence-electron chi connectivity index (χ1n) is 8.50. The van der Waals surface area contributed by atoms with Crippen LogP contribution in [-0.4, -0.2) is 22.5 Å². The third kappa shape index (κ3) is 2.86. The van der Waals surface area contributed by atoms with Crippen molar-refractivity contribution in [1.29, 1.82) is 0 Å². The number of ether oxygens (including phenoxy) is 2. The second-order valence-electron chi connectivity index (χ2n) is 6.13. The van der Waals surface area contributed by atoms with Crippen LogP contribution in [0, 0.1) is 0 Å². The van der Waals surface area contributed by atoms with Crippen molar-refractivity contribution in [3.8, 4) is 0 Å². The molecule has 2 aromatic rings. The molecule has 0 spiro atoms. The molecule has 2 aromatic heterocycles. The molecule has 0 radical (unpaired) electrons. The molecule has 1 fully saturated rings. The minimum absolute atomic E-state index is 0.188. The van der Waals surface area contributed by atoms with Crippen molar-refractivity contribution >= 4 is 17.3 Å². The van der Waals surface area contributed by atoms with Crippen LogP contribution >= 0.6 is 11.3 Å². The number of nitrogens with zero attached hydrogens (tertiary/aromatic N) is 2. The predicted octanol–water partition coefficient (Wildman–Crippen LogP) is 3.78. The summed E-state index contributed by atoms with van der Waals surface area (Å²) in [6, 6.07) is 0. The van der Waals surface area contributed by atoms with Crippen LogP contribution in [0.4, 0.5) is 0 Å². The Hall–Kier alpha value is -1.73. The number of esters is 1. The third-order valence-electron chi connectivity index (χ3n) is 4.51. The first kappa shape index (κ1) is 15.8. The van der Waals surface area contributed by atoms with E-state index >= 15 is 0 Å². The van der Waals surface area contributed by atoms with Crippen LogP contribution in [0.5, 0.6) is 0 Å². The topological polar surface area (TPSA) is 74.5 Å². The van der Waals surface area contributed by atoms with Gasteiger partial charge in [0.15, 0.2) is 17.8 Å². The lowest BCUT2D eigenvalue weighted by Crippen LogP contribution is -2.17. The Kier molecular flexibility index (Phi) is 4.37. The van der Waals surface area contributed by atoms with Crippen LogP contribution in [0.15, 0.2) is 10.8 Å². The number of fused-ring (bicyclic) bond motifs is 1. The maximum atomic E-state index is 12.6. The fourth-order valence-electron chi connectivity index (χ4n) is 3.30. The smallest absolute Gasteiger partial charge is 0.361 e. The molecule has 7 heteroatoms. The van der Waals surface area contributed by atoms with Gasteiger partial charge >= 0.3 is 5.97 Å². The Morgan fingerprint density at radius 3 is 3.12 bits per heavy atom. The largest absolute Gasteiger partial charge is 0.452 e. The third-order valence-corrected chi connectivity index (χ3v) is 5.84. The number of hydrogen-bond acceptors (Lipinski definition) is 7. The minimum Gasteiger partial charge on any atom is -0.452 e. The van der Waals surface area contributed by atoms with Crippen molar-refractivity contribution in [1.82, 2.24) is 9.97 Å². The highest BCUT2D eigenvalue weighted by atomic mass is 32.1. The van der Waals surface area contributed by atoms with E-state index in [9.17, 15) is 4.79 Å². The van der Waals surface area contributed by atoms with Crippen molar-refractivity contribution in [3.63, 3.8) is 0 Å². The highest BCUT2D eigenvalue weighted by molar-refractivity contribution is 7.11. The number of carbonyl (C=O) groups excluding carboxylic acids is 1. The van der Waals surface area contributed by atoms with Gasteiger partial charge in [-0.15, -0.1) is 11.3 Å². The molecule has 1 saturated heterocycles. The number of carbonyl (C=O) groups is 1. The van der Waals surface area contributed by atoms with E-state index in [1.807, 2.05) is 0 Å². The number of hydrogen-bond donors (Lipinski definition) is 0. The zero-order valence-corrected chi connectivity index (χ0v) is 14.4. The molecule has 0 amide bonds. The van der Waals surface area contributed by atoms with Gasteiger partial charge in [-0.3, -0.25) is 0 Å². The summed E-state index contributed by atoms with van der Waals surface area (Å²) in [4.78, 5) is 22.4. The van der Waals surface area contributed by atoms with E-state index < -0.39 is 5.97 Å². The first-order chi connectivity index (χ1) is 11.8. The molecular weight excluding hydrogens is 328 g/mol. The summed E-state index contributed by atoms with van der Waals surface area (Å²) in [5.41, 5.74) is 1.33. The molecule has 1 aliphatic carbocycles. The molecule has 6 nitrogen and oxygen atoms in total. The Morgan fingerprint density at radius 1 is 1.42 bits per heavy atom. The van der Waals surface area contributed by atoms with Gasteiger partial charge in [-0.05, 0) is 38.5 Å². The van der Waals surface area contributed by atoms with Crippen LogP contribution in [-0.2, 0) is 22.3 Å². The summed E-state index contributed by atoms with van der Waals surface area (Å²) in [5, 5.41) is 1.10. The van der Waals surface area contributed by atoms with E-state index in [0.717, 1.165) is 54.1 Å². The lowest BCUT2D eigenvalue weighted by Gasteiger charge is -2.21. The molecule has 0 unspecified atom stereocenters. The second kappa shape index (κ2) is 6.64. The average molecular weight is 348 g/mol. The van der Waals surface area contributed by atoms with E-state index in [0.29, 0.717) is 12.4 Å². The monoisotopic (exact) mass is 348 g/mol. The Morgan fingerprint density at radius 2 is 2.33 bits per heavy atom. The number of rotatable bonds is 4. The maximum absolute atomic E-state index is 12.6. The molecule has 1 aliphatic heterocycles. The number of aromatic nitrogens is 2. The van der Waals surface area contributed by atoms with Gasteiger partial charge in [0.25, 0.3) is 0 Å². The van der Waals surface area contributed by atoms with Gasteiger partial charge in [0.2, 0.25) is 0 Å². The van der Waals surface area contributed by atoms with E-state index in [-0.39, 0.29) is 17.9 Å². The van der Waals surface area contributed by atoms with E-state index in [1.165, 1.54) is 6.39 Å². The van der Waals surface area contributed by atoms with E-state index in [1.54, 1.807) is 11.3 Å². The lowest BCUT2D eigenvalue weighted by molar-refractivity contribution is 0.0244. The van der Waals surface area contributed by atoms with Crippen molar-refractivity contribution in [2.24, 2.45) is 0 Å². The molecule has 0 aromatic carbocycles. The Labute approximate surface area is 144 Å². The Balaban J connectivity index is 1.53. The van der Waals surface area contributed by atoms with Gasteiger partial charge < -0.3 is 13.9 Å². The highest BCUT2D eigenvalue weighted by Crippen LogP contribution is 2.38. The fourth-order valence-corrected chi connectivity index (χ4v) is 4.42. The first-order valence-corrected chi connectivity index (χ1v) is 9.32. The molecule has 2 atom stereocenters. The van der Waals surface area contributed by atoms with Gasteiger partial charge in [0, 0.05) is 6.61 Å². The summed E-state index contributed by atoms with van der Waals surface area (Å²) >= 11 is 1.66. The highest BCUT2D eigenvalue weighted by Gasteiger charge is 2.32. The number of oxazole rings is 1. The average Bonchev–Trinajstić information content (AvgIpc) is 3.32. The molecule has 4 rings (SSSR count). The van der Waals surface area contributed by atoms with Crippen molar-refractivity contribution in [2.45, 2.75) is 57.7 Å². The lowest BCUT2D eigenvalue weighted by atomic mass is 10.0. The van der Waals surface area contributed by atoms with Gasteiger partial charge in [0.05, 0.1) is 15.6 Å². The molecule has 0 N–H and O–H groups in total. The van der Waals surface area contributed by atoms with Crippen LogP contribution in [0.25, 0.3) is 0 Å². The van der Waals surface area contributed by atoms with Crippen molar-refractivity contribution < 1.29 is 18.7 Å². The van der Waals surface area contributed by atoms with Crippen molar-refractivity contribution in [2.75, 3.05) is 6.61 Å². The Bertz CT molecular complexity index is 733. The number of thiazole rings is 1. The summed E-state index contributed by atoms with van der Waals surface area (Å²) < 4.78 is 16.8. The van der Waals surface area contributed by atoms with Gasteiger partial charge in [-0.2, -0.15) is 0 Å². The summed E-state index contributed by atoms with van der Waals surface area (Å²) in [5.74, 6) is 0.0608. The predicted molar refractivity (Wildman–Crippen MR) is 87.0 cm³/mol.